The minimum absolute atomic E-state index is 0.0158. The Hall–Kier alpha value is -2.38. The first kappa shape index (κ1) is 21.5. The van der Waals surface area contributed by atoms with E-state index in [1.165, 1.54) is 0 Å². The van der Waals surface area contributed by atoms with E-state index < -0.39 is 17.3 Å². The number of hydrogen-bond donors (Lipinski definition) is 1. The number of amides is 1. The second-order valence-corrected chi connectivity index (χ2v) is 9.57. The highest BCUT2D eigenvalue weighted by atomic mass is 19.4. The Balaban J connectivity index is 1.15. The van der Waals surface area contributed by atoms with Gasteiger partial charge < -0.3 is 14.7 Å². The monoisotopic (exact) mass is 445 g/mol. The van der Waals surface area contributed by atoms with Crippen molar-refractivity contribution in [3.8, 4) is 0 Å². The Bertz CT molecular complexity index is 969. The fraction of sp³-hybridized carbons (Fsp3) is 0.480. The number of carbonyl (C=O) groups is 1. The van der Waals surface area contributed by atoms with E-state index in [0.29, 0.717) is 23.3 Å². The van der Waals surface area contributed by atoms with Crippen LogP contribution in [0.25, 0.3) is 0 Å². The molecular weight excluding hydrogens is 419 g/mol. The lowest BCUT2D eigenvalue weighted by atomic mass is 9.91. The molecule has 2 atom stereocenters. The van der Waals surface area contributed by atoms with E-state index in [1.54, 1.807) is 36.4 Å². The summed E-state index contributed by atoms with van der Waals surface area (Å²) in [5.41, 5.74) is 0.786. The lowest BCUT2D eigenvalue weighted by Crippen LogP contribution is -2.46. The Labute approximate surface area is 185 Å². The van der Waals surface area contributed by atoms with Gasteiger partial charge in [0.1, 0.15) is 5.60 Å². The van der Waals surface area contributed by atoms with Crippen LogP contribution >= 0.6 is 0 Å². The number of benzene rings is 2. The van der Waals surface area contributed by atoms with Crippen LogP contribution in [0.1, 0.15) is 39.9 Å². The third-order valence-corrected chi connectivity index (χ3v) is 7.29. The zero-order valence-electron chi connectivity index (χ0n) is 17.6. The molecule has 4 nitrogen and oxygen atoms in total. The van der Waals surface area contributed by atoms with Crippen molar-refractivity contribution in [1.82, 2.24) is 4.90 Å². The molecule has 0 radical (unpaired) electrons. The fourth-order valence-electron chi connectivity index (χ4n) is 5.49. The predicted molar refractivity (Wildman–Crippen MR) is 112 cm³/mol. The van der Waals surface area contributed by atoms with Gasteiger partial charge in [0.15, 0.2) is 0 Å². The van der Waals surface area contributed by atoms with Crippen LogP contribution < -0.4 is 0 Å². The number of fused-ring (bicyclic) bond motifs is 1. The van der Waals surface area contributed by atoms with E-state index in [1.807, 2.05) is 4.90 Å². The summed E-state index contributed by atoms with van der Waals surface area (Å²) in [4.78, 5) is 14.9. The van der Waals surface area contributed by atoms with Gasteiger partial charge in [0.05, 0.1) is 18.8 Å². The quantitative estimate of drug-likeness (QED) is 0.765. The van der Waals surface area contributed by atoms with Gasteiger partial charge in [0.2, 0.25) is 0 Å². The molecule has 3 fully saturated rings. The van der Waals surface area contributed by atoms with Gasteiger partial charge in [0.25, 0.3) is 5.91 Å². The summed E-state index contributed by atoms with van der Waals surface area (Å²) in [6.07, 6.45) is -1.51. The van der Waals surface area contributed by atoms with Crippen molar-refractivity contribution in [1.29, 1.82) is 0 Å². The number of rotatable bonds is 4. The van der Waals surface area contributed by atoms with Gasteiger partial charge in [-0.25, -0.2) is 0 Å². The summed E-state index contributed by atoms with van der Waals surface area (Å²) in [5.74, 6) is 1.36. The number of ether oxygens (including phenoxy) is 1. The SMILES string of the molecule is O=C(c1ccc(C2(O)COC2)cc1)N1CC2CC(Cc3ccc(C(F)(F)F)cc3)CC2C1. The molecule has 2 unspecified atom stereocenters. The number of halogens is 3. The second-order valence-electron chi connectivity index (χ2n) is 9.57. The van der Waals surface area contributed by atoms with E-state index >= 15 is 0 Å². The molecule has 2 heterocycles. The highest BCUT2D eigenvalue weighted by Gasteiger charge is 2.43. The highest BCUT2D eigenvalue weighted by Crippen LogP contribution is 2.43. The molecule has 3 aliphatic rings. The highest BCUT2D eigenvalue weighted by molar-refractivity contribution is 5.94. The van der Waals surface area contributed by atoms with Crippen LogP contribution in [0.2, 0.25) is 0 Å². The molecular formula is C25H26F3NO3. The molecule has 5 rings (SSSR count). The van der Waals surface area contributed by atoms with Crippen LogP contribution in [-0.4, -0.2) is 42.2 Å². The number of hydrogen-bond acceptors (Lipinski definition) is 3. The topological polar surface area (TPSA) is 49.8 Å². The molecule has 0 spiro atoms. The molecule has 1 aliphatic carbocycles. The maximum atomic E-state index is 13.0. The van der Waals surface area contributed by atoms with Crippen LogP contribution in [-0.2, 0) is 22.9 Å². The third-order valence-electron chi connectivity index (χ3n) is 7.29. The standard InChI is InChI=1S/C25H26F3NO3/c26-25(27,28)22-5-1-16(2-6-22)9-17-10-19-12-29(13-20(19)11-17)23(30)18-3-7-21(8-4-18)24(31)14-32-15-24/h1-8,17,19-20,31H,9-15H2. The molecule has 2 aromatic carbocycles. The summed E-state index contributed by atoms with van der Waals surface area (Å²) < 4.78 is 43.3. The zero-order chi connectivity index (χ0) is 22.5. The normalized spacial score (nSPS) is 26.6. The summed E-state index contributed by atoms with van der Waals surface area (Å²) in [7, 11) is 0. The van der Waals surface area contributed by atoms with E-state index in [9.17, 15) is 23.1 Å². The number of alkyl halides is 3. The minimum Gasteiger partial charge on any atom is -0.380 e. The average Bonchev–Trinajstić information content (AvgIpc) is 3.30. The maximum Gasteiger partial charge on any atom is 0.416 e. The Morgan fingerprint density at radius 2 is 1.59 bits per heavy atom. The number of carbonyl (C=O) groups excluding carboxylic acids is 1. The molecule has 2 aromatic rings. The number of aliphatic hydroxyl groups is 1. The molecule has 2 saturated heterocycles. The van der Waals surface area contributed by atoms with E-state index in [4.69, 9.17) is 4.74 Å². The Kier molecular flexibility index (Phi) is 5.29. The zero-order valence-corrected chi connectivity index (χ0v) is 17.6. The molecule has 1 amide bonds. The summed E-state index contributed by atoms with van der Waals surface area (Å²) in [5, 5.41) is 10.3. The first-order chi connectivity index (χ1) is 15.2. The van der Waals surface area contributed by atoms with Gasteiger partial charge in [-0.2, -0.15) is 13.2 Å². The van der Waals surface area contributed by atoms with Crippen molar-refractivity contribution >= 4 is 5.91 Å². The minimum atomic E-state index is -4.30. The second kappa shape index (κ2) is 7.89. The summed E-state index contributed by atoms with van der Waals surface area (Å²) in [6.45, 7) is 2.02. The van der Waals surface area contributed by atoms with Crippen molar-refractivity contribution in [2.75, 3.05) is 26.3 Å². The lowest BCUT2D eigenvalue weighted by Gasteiger charge is -2.36. The average molecular weight is 445 g/mol. The third kappa shape index (κ3) is 4.04. The molecule has 1 N–H and O–H groups in total. The number of nitrogens with zero attached hydrogens (tertiary/aromatic N) is 1. The molecule has 1 saturated carbocycles. The van der Waals surface area contributed by atoms with Crippen LogP contribution in [0.5, 0.6) is 0 Å². The van der Waals surface area contributed by atoms with Gasteiger partial charge in [-0.05, 0) is 72.4 Å². The molecule has 0 bridgehead atoms. The van der Waals surface area contributed by atoms with Crippen LogP contribution in [0.4, 0.5) is 13.2 Å². The van der Waals surface area contributed by atoms with E-state index in [-0.39, 0.29) is 19.1 Å². The van der Waals surface area contributed by atoms with Crippen molar-refractivity contribution in [2.45, 2.75) is 31.0 Å². The Morgan fingerprint density at radius 3 is 2.09 bits per heavy atom. The van der Waals surface area contributed by atoms with E-state index in [0.717, 1.165) is 55.6 Å². The maximum absolute atomic E-state index is 13.0. The molecule has 0 aromatic heterocycles. The van der Waals surface area contributed by atoms with Gasteiger partial charge in [0, 0.05) is 18.7 Å². The largest absolute Gasteiger partial charge is 0.416 e. The molecule has 170 valence electrons. The Morgan fingerprint density at radius 1 is 1.00 bits per heavy atom. The summed E-state index contributed by atoms with van der Waals surface area (Å²) >= 11 is 0. The predicted octanol–water partition coefficient (Wildman–Crippen LogP) is 4.26. The first-order valence-corrected chi connectivity index (χ1v) is 11.1. The molecule has 2 aliphatic heterocycles. The van der Waals surface area contributed by atoms with E-state index in [2.05, 4.69) is 0 Å². The number of likely N-dealkylation sites (tertiary alicyclic amines) is 1. The van der Waals surface area contributed by atoms with Crippen LogP contribution in [0.3, 0.4) is 0 Å². The van der Waals surface area contributed by atoms with Gasteiger partial charge in [-0.15, -0.1) is 0 Å². The lowest BCUT2D eigenvalue weighted by molar-refractivity contribution is -0.184. The smallest absolute Gasteiger partial charge is 0.380 e. The van der Waals surface area contributed by atoms with Crippen molar-refractivity contribution in [2.24, 2.45) is 17.8 Å². The molecule has 7 heteroatoms. The van der Waals surface area contributed by atoms with Crippen LogP contribution in [0.15, 0.2) is 48.5 Å². The van der Waals surface area contributed by atoms with Crippen molar-refractivity contribution in [3.63, 3.8) is 0 Å². The van der Waals surface area contributed by atoms with Gasteiger partial charge >= 0.3 is 6.18 Å². The van der Waals surface area contributed by atoms with Crippen molar-refractivity contribution < 1.29 is 27.8 Å². The van der Waals surface area contributed by atoms with Gasteiger partial charge in [-0.3, -0.25) is 4.79 Å². The first-order valence-electron chi connectivity index (χ1n) is 11.1. The molecule has 32 heavy (non-hydrogen) atoms. The van der Waals surface area contributed by atoms with Crippen LogP contribution in [0, 0.1) is 17.8 Å². The summed E-state index contributed by atoms with van der Waals surface area (Å²) in [6, 6.07) is 12.6. The van der Waals surface area contributed by atoms with Crippen molar-refractivity contribution in [3.05, 3.63) is 70.8 Å². The van der Waals surface area contributed by atoms with Gasteiger partial charge in [-0.1, -0.05) is 24.3 Å². The fourth-order valence-corrected chi connectivity index (χ4v) is 5.49.